The van der Waals surface area contributed by atoms with Gasteiger partial charge in [-0.25, -0.2) is 9.50 Å². The van der Waals surface area contributed by atoms with Crippen molar-refractivity contribution in [2.24, 2.45) is 5.92 Å². The van der Waals surface area contributed by atoms with Crippen molar-refractivity contribution < 1.29 is 9.90 Å². The molecule has 1 atom stereocenters. The SMILES string of the molecule is Cc1cc(C)n2nc(C(=O)N3CCN(CC4CC4)[C@H](CCO)C3)cc2n1. The summed E-state index contributed by atoms with van der Waals surface area (Å²) < 4.78 is 1.73. The molecule has 1 N–H and O–H groups in total. The number of aliphatic hydroxyl groups excluding tert-OH is 1. The number of piperazine rings is 1. The minimum absolute atomic E-state index is 0.0402. The summed E-state index contributed by atoms with van der Waals surface area (Å²) in [6.07, 6.45) is 3.34. The van der Waals surface area contributed by atoms with E-state index in [1.54, 1.807) is 10.6 Å². The van der Waals surface area contributed by atoms with Crippen molar-refractivity contribution in [1.29, 1.82) is 0 Å². The summed E-state index contributed by atoms with van der Waals surface area (Å²) in [5.74, 6) is 0.774. The molecule has 1 aliphatic carbocycles. The number of fused-ring (bicyclic) bond motifs is 1. The Balaban J connectivity index is 1.51. The van der Waals surface area contributed by atoms with E-state index in [0.29, 0.717) is 30.9 Å². The summed E-state index contributed by atoms with van der Waals surface area (Å²) in [4.78, 5) is 21.8. The molecule has 0 spiro atoms. The van der Waals surface area contributed by atoms with Crippen molar-refractivity contribution >= 4 is 11.6 Å². The Bertz CT molecular complexity index is 814. The average molecular weight is 357 g/mol. The van der Waals surface area contributed by atoms with Crippen LogP contribution in [-0.2, 0) is 0 Å². The van der Waals surface area contributed by atoms with Crippen LogP contribution < -0.4 is 0 Å². The largest absolute Gasteiger partial charge is 0.396 e. The number of nitrogens with zero attached hydrogens (tertiary/aromatic N) is 5. The lowest BCUT2D eigenvalue weighted by Gasteiger charge is -2.41. The van der Waals surface area contributed by atoms with E-state index in [4.69, 9.17) is 0 Å². The molecule has 1 amide bonds. The highest BCUT2D eigenvalue weighted by molar-refractivity contribution is 5.93. The molecular formula is C19H27N5O2. The van der Waals surface area contributed by atoms with Crippen LogP contribution in [0.1, 0.15) is 41.1 Å². The first-order valence-electron chi connectivity index (χ1n) is 9.53. The van der Waals surface area contributed by atoms with E-state index in [2.05, 4.69) is 15.0 Å². The second-order valence-electron chi connectivity index (χ2n) is 7.69. The van der Waals surface area contributed by atoms with Crippen molar-refractivity contribution in [1.82, 2.24) is 24.4 Å². The molecule has 0 radical (unpaired) electrons. The van der Waals surface area contributed by atoms with Crippen LogP contribution in [0.4, 0.5) is 0 Å². The summed E-state index contributed by atoms with van der Waals surface area (Å²) in [5.41, 5.74) is 3.05. The van der Waals surface area contributed by atoms with E-state index in [9.17, 15) is 9.90 Å². The monoisotopic (exact) mass is 357 g/mol. The topological polar surface area (TPSA) is 74.0 Å². The van der Waals surface area contributed by atoms with E-state index in [-0.39, 0.29) is 18.6 Å². The van der Waals surface area contributed by atoms with Gasteiger partial charge in [-0.3, -0.25) is 9.69 Å². The molecule has 1 aliphatic heterocycles. The fourth-order valence-corrected chi connectivity index (χ4v) is 3.93. The number of amides is 1. The molecule has 3 heterocycles. The summed E-state index contributed by atoms with van der Waals surface area (Å²) in [6.45, 7) is 7.42. The van der Waals surface area contributed by atoms with Gasteiger partial charge in [0.2, 0.25) is 0 Å². The molecule has 26 heavy (non-hydrogen) atoms. The summed E-state index contributed by atoms with van der Waals surface area (Å²) >= 11 is 0. The molecule has 1 saturated heterocycles. The molecule has 4 rings (SSSR count). The van der Waals surface area contributed by atoms with Crippen molar-refractivity contribution in [3.05, 3.63) is 29.2 Å². The predicted octanol–water partition coefficient (Wildman–Crippen LogP) is 1.26. The molecule has 2 aromatic heterocycles. The maximum absolute atomic E-state index is 13.0. The van der Waals surface area contributed by atoms with Gasteiger partial charge in [-0.15, -0.1) is 0 Å². The van der Waals surface area contributed by atoms with Gasteiger partial charge in [0, 0.05) is 56.3 Å². The van der Waals surface area contributed by atoms with Crippen molar-refractivity contribution in [2.75, 3.05) is 32.8 Å². The van der Waals surface area contributed by atoms with Gasteiger partial charge >= 0.3 is 0 Å². The highest BCUT2D eigenvalue weighted by atomic mass is 16.3. The third-order valence-corrected chi connectivity index (χ3v) is 5.50. The number of aryl methyl sites for hydroxylation is 2. The molecule has 0 aromatic carbocycles. The highest BCUT2D eigenvalue weighted by Crippen LogP contribution is 2.31. The molecule has 7 nitrogen and oxygen atoms in total. The Morgan fingerprint density at radius 3 is 2.81 bits per heavy atom. The van der Waals surface area contributed by atoms with Gasteiger partial charge in [0.1, 0.15) is 0 Å². The first-order chi connectivity index (χ1) is 12.5. The number of aromatic nitrogens is 3. The van der Waals surface area contributed by atoms with E-state index in [0.717, 1.165) is 30.4 Å². The fourth-order valence-electron chi connectivity index (χ4n) is 3.93. The van der Waals surface area contributed by atoms with Crippen LogP contribution in [0, 0.1) is 19.8 Å². The van der Waals surface area contributed by atoms with Crippen LogP contribution in [0.5, 0.6) is 0 Å². The quantitative estimate of drug-likeness (QED) is 0.872. The van der Waals surface area contributed by atoms with Gasteiger partial charge in [0.05, 0.1) is 0 Å². The van der Waals surface area contributed by atoms with E-state index >= 15 is 0 Å². The van der Waals surface area contributed by atoms with Crippen molar-refractivity contribution in [2.45, 2.75) is 39.2 Å². The zero-order valence-corrected chi connectivity index (χ0v) is 15.6. The number of aliphatic hydroxyl groups is 1. The number of hydrogen-bond acceptors (Lipinski definition) is 5. The van der Waals surface area contributed by atoms with Crippen molar-refractivity contribution in [3.63, 3.8) is 0 Å². The first-order valence-corrected chi connectivity index (χ1v) is 9.53. The second kappa shape index (κ2) is 6.96. The van der Waals surface area contributed by atoms with E-state index in [1.807, 2.05) is 24.8 Å². The Hall–Kier alpha value is -1.99. The molecule has 0 unspecified atom stereocenters. The van der Waals surface area contributed by atoms with Crippen LogP contribution in [0.25, 0.3) is 5.65 Å². The Morgan fingerprint density at radius 1 is 1.27 bits per heavy atom. The third-order valence-electron chi connectivity index (χ3n) is 5.50. The standard InChI is InChI=1S/C19H27N5O2/c1-13-9-14(2)24-18(20-13)10-17(21-24)19(26)23-7-6-22(11-15-3-4-15)16(12-23)5-8-25/h9-10,15-16,25H,3-8,11-12H2,1-2H3/t16-/m1/s1. The maximum Gasteiger partial charge on any atom is 0.274 e. The zero-order chi connectivity index (χ0) is 18.3. The number of carbonyl (C=O) groups excluding carboxylic acids is 1. The first kappa shape index (κ1) is 17.4. The van der Waals surface area contributed by atoms with Crippen molar-refractivity contribution in [3.8, 4) is 0 Å². The lowest BCUT2D eigenvalue weighted by Crippen LogP contribution is -2.55. The number of carbonyl (C=O) groups is 1. The second-order valence-corrected chi connectivity index (χ2v) is 7.69. The highest BCUT2D eigenvalue weighted by Gasteiger charge is 2.34. The zero-order valence-electron chi connectivity index (χ0n) is 15.6. The minimum Gasteiger partial charge on any atom is -0.396 e. The molecule has 2 aliphatic rings. The van der Waals surface area contributed by atoms with E-state index in [1.165, 1.54) is 12.8 Å². The summed E-state index contributed by atoms with van der Waals surface area (Å²) in [7, 11) is 0. The molecule has 140 valence electrons. The molecule has 2 fully saturated rings. The normalized spacial score (nSPS) is 21.5. The Morgan fingerprint density at radius 2 is 2.08 bits per heavy atom. The summed E-state index contributed by atoms with van der Waals surface area (Å²) in [5, 5.41) is 13.9. The van der Waals surface area contributed by atoms with Crippen LogP contribution in [-0.4, -0.2) is 74.2 Å². The van der Waals surface area contributed by atoms with Gasteiger partial charge < -0.3 is 10.0 Å². The Labute approximate surface area is 153 Å². The van der Waals surface area contributed by atoms with Crippen LogP contribution >= 0.6 is 0 Å². The average Bonchev–Trinajstić information content (AvgIpc) is 3.32. The van der Waals surface area contributed by atoms with Crippen LogP contribution in [0.2, 0.25) is 0 Å². The fraction of sp³-hybridized carbons (Fsp3) is 0.632. The minimum atomic E-state index is -0.0402. The van der Waals surface area contributed by atoms with Gasteiger partial charge in [-0.05, 0) is 45.1 Å². The third kappa shape index (κ3) is 3.46. The smallest absolute Gasteiger partial charge is 0.274 e. The van der Waals surface area contributed by atoms with Crippen LogP contribution in [0.3, 0.4) is 0 Å². The summed E-state index contributed by atoms with van der Waals surface area (Å²) in [6, 6.07) is 3.97. The number of rotatable bonds is 5. The number of hydrogen-bond donors (Lipinski definition) is 1. The van der Waals surface area contributed by atoms with Gasteiger partial charge in [0.15, 0.2) is 11.3 Å². The van der Waals surface area contributed by atoms with Gasteiger partial charge in [-0.2, -0.15) is 5.10 Å². The Kier molecular flexibility index (Phi) is 4.67. The lowest BCUT2D eigenvalue weighted by molar-refractivity contribution is 0.0402. The van der Waals surface area contributed by atoms with Gasteiger partial charge in [0.25, 0.3) is 5.91 Å². The van der Waals surface area contributed by atoms with Crippen LogP contribution in [0.15, 0.2) is 12.1 Å². The lowest BCUT2D eigenvalue weighted by atomic mass is 10.1. The molecule has 7 heteroatoms. The predicted molar refractivity (Wildman–Crippen MR) is 98.2 cm³/mol. The molecule has 0 bridgehead atoms. The molecule has 1 saturated carbocycles. The van der Waals surface area contributed by atoms with Gasteiger partial charge in [-0.1, -0.05) is 0 Å². The maximum atomic E-state index is 13.0. The van der Waals surface area contributed by atoms with E-state index < -0.39 is 0 Å². The molecule has 2 aromatic rings. The molecular weight excluding hydrogens is 330 g/mol.